The summed E-state index contributed by atoms with van der Waals surface area (Å²) in [4.78, 5) is 22.3. The molecule has 0 aromatic carbocycles. The Labute approximate surface area is 204 Å². The van der Waals surface area contributed by atoms with Gasteiger partial charge in [-0.3, -0.25) is 0 Å². The molecule has 0 amide bonds. The van der Waals surface area contributed by atoms with Gasteiger partial charge in [0.2, 0.25) is 5.95 Å². The molecule has 186 valence electrons. The summed E-state index contributed by atoms with van der Waals surface area (Å²) in [7, 11) is 1.54. The summed E-state index contributed by atoms with van der Waals surface area (Å²) in [5, 5.41) is 15.3. The molecule has 0 aliphatic carbocycles. The number of hydrogen-bond acceptors (Lipinski definition) is 9. The third kappa shape index (κ3) is 4.48. The molecule has 0 radical (unpaired) electrons. The first-order chi connectivity index (χ1) is 16.9. The van der Waals surface area contributed by atoms with E-state index in [4.69, 9.17) is 9.72 Å². The van der Waals surface area contributed by atoms with Crippen molar-refractivity contribution in [3.8, 4) is 0 Å². The number of nitrogens with zero attached hydrogens (tertiary/aromatic N) is 6. The number of aliphatic hydroxyl groups is 1. The minimum absolute atomic E-state index is 0.0192. The van der Waals surface area contributed by atoms with Gasteiger partial charge >= 0.3 is 0 Å². The predicted molar refractivity (Wildman–Crippen MR) is 134 cm³/mol. The Morgan fingerprint density at radius 3 is 2.66 bits per heavy atom. The van der Waals surface area contributed by atoms with Crippen molar-refractivity contribution in [2.45, 2.75) is 57.5 Å². The monoisotopic (exact) mass is 481 g/mol. The number of methoxy groups -OCH3 is 1. The van der Waals surface area contributed by atoms with Gasteiger partial charge in [-0.2, -0.15) is 4.98 Å². The summed E-state index contributed by atoms with van der Waals surface area (Å²) in [6, 6.07) is 3.81. The number of fused-ring (bicyclic) bond motifs is 1. The number of rotatable bonds is 6. The van der Waals surface area contributed by atoms with Crippen molar-refractivity contribution in [2.24, 2.45) is 0 Å². The minimum atomic E-state index is -1.08. The Hall–Kier alpha value is -3.11. The maximum Gasteiger partial charge on any atom is 0.227 e. The van der Waals surface area contributed by atoms with Gasteiger partial charge in [-0.15, -0.1) is 0 Å². The summed E-state index contributed by atoms with van der Waals surface area (Å²) < 4.78 is 19.6. The van der Waals surface area contributed by atoms with Crippen molar-refractivity contribution in [1.29, 1.82) is 0 Å². The number of anilines is 4. The number of β-amino-alcohol motifs (C(OH)–C–C–N with tert-alkyl or cyclic N) is 1. The van der Waals surface area contributed by atoms with Crippen LogP contribution in [0.4, 0.5) is 27.8 Å². The lowest BCUT2D eigenvalue weighted by molar-refractivity contribution is 0.0194. The van der Waals surface area contributed by atoms with Gasteiger partial charge in [-0.25, -0.2) is 19.3 Å². The second-order valence-corrected chi connectivity index (χ2v) is 9.66. The number of aliphatic hydroxyl groups excluding tert-OH is 1. The fourth-order valence-corrected chi connectivity index (χ4v) is 4.80. The molecule has 3 aromatic heterocycles. The zero-order valence-electron chi connectivity index (χ0n) is 20.5. The number of alkyl halides is 1. The Bertz CT molecular complexity index is 1210. The Morgan fingerprint density at radius 2 is 1.97 bits per heavy atom. The Kier molecular flexibility index (Phi) is 6.41. The van der Waals surface area contributed by atoms with E-state index in [2.05, 4.69) is 39.0 Å². The number of ether oxygens (including phenoxy) is 1. The van der Waals surface area contributed by atoms with Gasteiger partial charge in [0.1, 0.15) is 23.6 Å². The fourth-order valence-electron chi connectivity index (χ4n) is 4.80. The van der Waals surface area contributed by atoms with E-state index in [1.807, 2.05) is 30.3 Å². The molecule has 3 aromatic rings. The number of halogens is 1. The molecule has 2 fully saturated rings. The highest BCUT2D eigenvalue weighted by molar-refractivity contribution is 5.96. The molecule has 0 saturated carbocycles. The van der Waals surface area contributed by atoms with Crippen LogP contribution in [-0.4, -0.2) is 76.2 Å². The van der Waals surface area contributed by atoms with Crippen LogP contribution in [-0.2, 0) is 4.74 Å². The first kappa shape index (κ1) is 23.6. The maximum atomic E-state index is 14.4. The quantitative estimate of drug-likeness (QED) is 0.549. The normalized spacial score (nSPS) is 24.7. The molecule has 2 saturated heterocycles. The largest absolute Gasteiger partial charge is 0.389 e. The van der Waals surface area contributed by atoms with Gasteiger partial charge in [0.15, 0.2) is 0 Å². The number of piperidine rings is 1. The molecular formula is C25H32FN7O2. The molecule has 5 rings (SSSR count). The smallest absolute Gasteiger partial charge is 0.227 e. The zero-order chi connectivity index (χ0) is 24.7. The SMILES string of the molecule is CO[C@H]1CCN(c2nccc(Nc3cc4c(C(C)C)cnc(N5C[C@H](O)[C@H]5C)c4cn3)n2)C[C@H]1F. The van der Waals surface area contributed by atoms with Crippen molar-refractivity contribution in [2.75, 3.05) is 41.9 Å². The summed E-state index contributed by atoms with van der Waals surface area (Å²) in [5.74, 6) is 2.84. The van der Waals surface area contributed by atoms with Gasteiger partial charge in [0.05, 0.1) is 24.8 Å². The lowest BCUT2D eigenvalue weighted by Crippen LogP contribution is -2.59. The standard InChI is InChI=1S/C25H32FN7O2/c1-14(2)17-10-29-24(33-13-20(34)15(33)3)18-11-28-23(9-16(17)18)30-22-5-7-27-25(31-22)32-8-6-21(35-4)19(26)12-32/h5,7,9-11,14-15,19-21,34H,6,8,12-13H2,1-4H3,(H,27,28,30,31)/t15-,19-,20+,21+/m1/s1. The molecule has 0 bridgehead atoms. The van der Waals surface area contributed by atoms with E-state index in [1.165, 1.54) is 0 Å². The van der Waals surface area contributed by atoms with Crippen molar-refractivity contribution < 1.29 is 14.2 Å². The van der Waals surface area contributed by atoms with E-state index < -0.39 is 6.17 Å². The summed E-state index contributed by atoms with van der Waals surface area (Å²) >= 11 is 0. The van der Waals surface area contributed by atoms with E-state index >= 15 is 0 Å². The predicted octanol–water partition coefficient (Wildman–Crippen LogP) is 3.42. The average Bonchev–Trinajstić information content (AvgIpc) is 2.86. The van der Waals surface area contributed by atoms with Crippen LogP contribution in [0.3, 0.4) is 0 Å². The highest BCUT2D eigenvalue weighted by Crippen LogP contribution is 2.36. The molecule has 10 heteroatoms. The number of aromatic nitrogens is 4. The lowest BCUT2D eigenvalue weighted by Gasteiger charge is -2.44. The molecule has 35 heavy (non-hydrogen) atoms. The van der Waals surface area contributed by atoms with Crippen LogP contribution >= 0.6 is 0 Å². The zero-order valence-corrected chi connectivity index (χ0v) is 20.5. The molecule has 5 heterocycles. The van der Waals surface area contributed by atoms with Crippen LogP contribution in [0.5, 0.6) is 0 Å². The summed E-state index contributed by atoms with van der Waals surface area (Å²) in [6.07, 6.45) is 4.20. The van der Waals surface area contributed by atoms with Crippen LogP contribution < -0.4 is 15.1 Å². The average molecular weight is 482 g/mol. The summed E-state index contributed by atoms with van der Waals surface area (Å²) in [5.41, 5.74) is 1.13. The van der Waals surface area contributed by atoms with Crippen LogP contribution in [0.1, 0.15) is 38.7 Å². The van der Waals surface area contributed by atoms with Crippen LogP contribution in [0, 0.1) is 0 Å². The van der Waals surface area contributed by atoms with Crippen LogP contribution in [0.25, 0.3) is 10.8 Å². The van der Waals surface area contributed by atoms with Gasteiger partial charge in [0, 0.05) is 44.2 Å². The number of nitrogens with one attached hydrogen (secondary N) is 1. The van der Waals surface area contributed by atoms with E-state index in [9.17, 15) is 9.50 Å². The topological polar surface area (TPSA) is 99.5 Å². The van der Waals surface area contributed by atoms with E-state index in [-0.39, 0.29) is 30.7 Å². The molecule has 2 aliphatic rings. The maximum absolute atomic E-state index is 14.4. The van der Waals surface area contributed by atoms with E-state index in [0.717, 1.165) is 22.2 Å². The Balaban J connectivity index is 1.42. The molecule has 2 aliphatic heterocycles. The third-order valence-electron chi connectivity index (χ3n) is 7.07. The highest BCUT2D eigenvalue weighted by atomic mass is 19.1. The molecule has 2 N–H and O–H groups in total. The second kappa shape index (κ2) is 9.50. The van der Waals surface area contributed by atoms with Crippen molar-refractivity contribution >= 4 is 34.2 Å². The Morgan fingerprint density at radius 1 is 1.14 bits per heavy atom. The third-order valence-corrected chi connectivity index (χ3v) is 7.07. The van der Waals surface area contributed by atoms with E-state index in [0.29, 0.717) is 37.1 Å². The minimum Gasteiger partial charge on any atom is -0.389 e. The fraction of sp³-hybridized carbons (Fsp3) is 0.520. The highest BCUT2D eigenvalue weighted by Gasteiger charge is 2.36. The lowest BCUT2D eigenvalue weighted by atomic mass is 9.96. The van der Waals surface area contributed by atoms with Gasteiger partial charge in [-0.05, 0) is 42.3 Å². The van der Waals surface area contributed by atoms with Crippen molar-refractivity contribution in [3.63, 3.8) is 0 Å². The van der Waals surface area contributed by atoms with Gasteiger partial charge in [0.25, 0.3) is 0 Å². The van der Waals surface area contributed by atoms with E-state index in [1.54, 1.807) is 19.4 Å². The van der Waals surface area contributed by atoms with Gasteiger partial charge < -0.3 is 25.0 Å². The molecular weight excluding hydrogens is 449 g/mol. The first-order valence-corrected chi connectivity index (χ1v) is 12.1. The molecule has 9 nitrogen and oxygen atoms in total. The first-order valence-electron chi connectivity index (χ1n) is 12.1. The molecule has 0 spiro atoms. The van der Waals surface area contributed by atoms with Gasteiger partial charge in [-0.1, -0.05) is 13.8 Å². The second-order valence-electron chi connectivity index (χ2n) is 9.66. The summed E-state index contributed by atoms with van der Waals surface area (Å²) in [6.45, 7) is 7.68. The van der Waals surface area contributed by atoms with Crippen LogP contribution in [0.2, 0.25) is 0 Å². The molecule has 4 atom stereocenters. The number of pyridine rings is 2. The molecule has 0 unspecified atom stereocenters. The number of hydrogen-bond donors (Lipinski definition) is 2. The van der Waals surface area contributed by atoms with Crippen LogP contribution in [0.15, 0.2) is 30.7 Å². The van der Waals surface area contributed by atoms with Crippen molar-refractivity contribution in [3.05, 3.63) is 36.3 Å². The van der Waals surface area contributed by atoms with Crippen molar-refractivity contribution in [1.82, 2.24) is 19.9 Å².